The van der Waals surface area contributed by atoms with Gasteiger partial charge in [0, 0.05) is 18.6 Å². The Balaban J connectivity index is 2.63. The predicted octanol–water partition coefficient (Wildman–Crippen LogP) is 2.73. The van der Waals surface area contributed by atoms with Gasteiger partial charge < -0.3 is 10.2 Å². The molecule has 1 aromatic rings. The molecule has 0 fully saturated rings. The van der Waals surface area contributed by atoms with Gasteiger partial charge in [0.15, 0.2) is 0 Å². The average molecular weight is 238 g/mol. The Labute approximate surface area is 104 Å². The smallest absolute Gasteiger partial charge is 0.126 e. The molecule has 2 atom stereocenters. The van der Waals surface area contributed by atoms with Gasteiger partial charge in [-0.1, -0.05) is 12.1 Å². The number of nitrogens with zero attached hydrogens (tertiary/aromatic N) is 1. The first-order valence-electron chi connectivity index (χ1n) is 6.07. The van der Waals surface area contributed by atoms with E-state index in [2.05, 4.69) is 24.1 Å². The summed E-state index contributed by atoms with van der Waals surface area (Å²) in [5.41, 5.74) is 1.70. The lowest BCUT2D eigenvalue weighted by Crippen LogP contribution is -2.37. The zero-order valence-electron chi connectivity index (χ0n) is 11.4. The number of hydrogen-bond donors (Lipinski definition) is 1. The average Bonchev–Trinajstić information content (AvgIpc) is 2.20. The van der Waals surface area contributed by atoms with Crippen molar-refractivity contribution in [2.24, 2.45) is 0 Å². The lowest BCUT2D eigenvalue weighted by Gasteiger charge is -2.23. The van der Waals surface area contributed by atoms with Gasteiger partial charge >= 0.3 is 0 Å². The standard InChI is InChI=1S/C14H23FN2/c1-10-6-7-13(8-14(10)15)12(3)16-11(2)9-17(4)5/h6-8,11-12,16H,9H2,1-5H3. The van der Waals surface area contributed by atoms with Crippen LogP contribution in [-0.2, 0) is 0 Å². The molecule has 0 aromatic heterocycles. The normalized spacial score (nSPS) is 15.0. The van der Waals surface area contributed by atoms with Gasteiger partial charge in [0.1, 0.15) is 5.82 Å². The Morgan fingerprint density at radius 3 is 2.47 bits per heavy atom. The van der Waals surface area contributed by atoms with Gasteiger partial charge in [0.05, 0.1) is 0 Å². The van der Waals surface area contributed by atoms with Crippen LogP contribution in [0.15, 0.2) is 18.2 Å². The molecule has 1 rings (SSSR count). The zero-order chi connectivity index (χ0) is 13.0. The molecule has 1 N–H and O–H groups in total. The molecule has 0 aliphatic carbocycles. The van der Waals surface area contributed by atoms with E-state index >= 15 is 0 Å². The second-order valence-corrected chi connectivity index (χ2v) is 5.06. The number of likely N-dealkylation sites (N-methyl/N-ethyl adjacent to an activating group) is 1. The Morgan fingerprint density at radius 1 is 1.29 bits per heavy atom. The number of aryl methyl sites for hydroxylation is 1. The first-order chi connectivity index (χ1) is 7.90. The summed E-state index contributed by atoms with van der Waals surface area (Å²) in [6.07, 6.45) is 0. The van der Waals surface area contributed by atoms with Crippen LogP contribution in [0.1, 0.15) is 31.0 Å². The van der Waals surface area contributed by atoms with E-state index in [1.165, 1.54) is 0 Å². The molecule has 1 aromatic carbocycles. The Bertz CT molecular complexity index is 363. The van der Waals surface area contributed by atoms with E-state index in [0.717, 1.165) is 12.1 Å². The van der Waals surface area contributed by atoms with Crippen LogP contribution in [0.5, 0.6) is 0 Å². The maximum atomic E-state index is 13.5. The van der Waals surface area contributed by atoms with Crippen molar-refractivity contribution in [2.45, 2.75) is 32.9 Å². The van der Waals surface area contributed by atoms with Crippen LogP contribution in [0.3, 0.4) is 0 Å². The van der Waals surface area contributed by atoms with Crippen molar-refractivity contribution < 1.29 is 4.39 Å². The Hall–Kier alpha value is -0.930. The van der Waals surface area contributed by atoms with Crippen molar-refractivity contribution in [1.29, 1.82) is 0 Å². The number of benzene rings is 1. The van der Waals surface area contributed by atoms with Crippen LogP contribution in [0.4, 0.5) is 4.39 Å². The van der Waals surface area contributed by atoms with Crippen LogP contribution in [-0.4, -0.2) is 31.6 Å². The monoisotopic (exact) mass is 238 g/mol. The highest BCUT2D eigenvalue weighted by Gasteiger charge is 2.11. The minimum atomic E-state index is -0.128. The van der Waals surface area contributed by atoms with Crippen molar-refractivity contribution in [1.82, 2.24) is 10.2 Å². The molecular weight excluding hydrogens is 215 g/mol. The van der Waals surface area contributed by atoms with Crippen LogP contribution in [0.25, 0.3) is 0 Å². The third-order valence-corrected chi connectivity index (χ3v) is 2.87. The second-order valence-electron chi connectivity index (χ2n) is 5.06. The van der Waals surface area contributed by atoms with Crippen molar-refractivity contribution >= 4 is 0 Å². The third kappa shape index (κ3) is 4.44. The largest absolute Gasteiger partial charge is 0.308 e. The highest BCUT2D eigenvalue weighted by atomic mass is 19.1. The van der Waals surface area contributed by atoms with Gasteiger partial charge in [0.25, 0.3) is 0 Å². The van der Waals surface area contributed by atoms with Crippen molar-refractivity contribution in [3.8, 4) is 0 Å². The molecule has 96 valence electrons. The maximum absolute atomic E-state index is 13.5. The van der Waals surface area contributed by atoms with Crippen LogP contribution >= 0.6 is 0 Å². The summed E-state index contributed by atoms with van der Waals surface area (Å²) >= 11 is 0. The fraction of sp³-hybridized carbons (Fsp3) is 0.571. The first-order valence-corrected chi connectivity index (χ1v) is 6.07. The van der Waals surface area contributed by atoms with Gasteiger partial charge in [0.2, 0.25) is 0 Å². The van der Waals surface area contributed by atoms with Crippen LogP contribution in [0, 0.1) is 12.7 Å². The summed E-state index contributed by atoms with van der Waals surface area (Å²) in [4.78, 5) is 2.14. The highest BCUT2D eigenvalue weighted by molar-refractivity contribution is 5.25. The van der Waals surface area contributed by atoms with Gasteiger partial charge in [-0.2, -0.15) is 0 Å². The van der Waals surface area contributed by atoms with Gasteiger partial charge in [-0.25, -0.2) is 4.39 Å². The Morgan fingerprint density at radius 2 is 1.94 bits per heavy atom. The molecule has 3 heteroatoms. The number of hydrogen-bond acceptors (Lipinski definition) is 2. The van der Waals surface area contributed by atoms with E-state index in [1.807, 2.05) is 26.2 Å². The summed E-state index contributed by atoms with van der Waals surface area (Å²) in [7, 11) is 4.10. The molecule has 0 aliphatic rings. The fourth-order valence-electron chi connectivity index (χ4n) is 2.00. The van der Waals surface area contributed by atoms with Gasteiger partial charge in [-0.3, -0.25) is 0 Å². The van der Waals surface area contributed by atoms with Crippen molar-refractivity contribution in [3.63, 3.8) is 0 Å². The summed E-state index contributed by atoms with van der Waals surface area (Å²) in [5, 5.41) is 3.47. The molecule has 0 radical (unpaired) electrons. The molecule has 0 saturated carbocycles. The molecule has 0 saturated heterocycles. The van der Waals surface area contributed by atoms with Crippen LogP contribution < -0.4 is 5.32 Å². The molecule has 0 amide bonds. The van der Waals surface area contributed by atoms with Gasteiger partial charge in [-0.05, 0) is 52.1 Å². The number of halogens is 1. The Kier molecular flexibility index (Phi) is 5.09. The second kappa shape index (κ2) is 6.12. The number of nitrogens with one attached hydrogen (secondary N) is 1. The van der Waals surface area contributed by atoms with E-state index < -0.39 is 0 Å². The third-order valence-electron chi connectivity index (χ3n) is 2.87. The van der Waals surface area contributed by atoms with E-state index in [-0.39, 0.29) is 11.9 Å². The van der Waals surface area contributed by atoms with Crippen molar-refractivity contribution in [3.05, 3.63) is 35.1 Å². The summed E-state index contributed by atoms with van der Waals surface area (Å²) in [6, 6.07) is 5.98. The lowest BCUT2D eigenvalue weighted by molar-refractivity contribution is 0.334. The lowest BCUT2D eigenvalue weighted by atomic mass is 10.1. The first kappa shape index (κ1) is 14.1. The molecular formula is C14H23FN2. The zero-order valence-corrected chi connectivity index (χ0v) is 11.4. The summed E-state index contributed by atoms with van der Waals surface area (Å²) in [5.74, 6) is -0.128. The molecule has 2 unspecified atom stereocenters. The van der Waals surface area contributed by atoms with E-state index in [9.17, 15) is 4.39 Å². The molecule has 0 heterocycles. The molecule has 0 spiro atoms. The summed E-state index contributed by atoms with van der Waals surface area (Å²) < 4.78 is 13.5. The van der Waals surface area contributed by atoms with Crippen LogP contribution in [0.2, 0.25) is 0 Å². The topological polar surface area (TPSA) is 15.3 Å². The summed E-state index contributed by atoms with van der Waals surface area (Å²) in [6.45, 7) is 6.96. The minimum Gasteiger partial charge on any atom is -0.308 e. The molecule has 2 nitrogen and oxygen atoms in total. The minimum absolute atomic E-state index is 0.128. The van der Waals surface area contributed by atoms with E-state index in [4.69, 9.17) is 0 Å². The number of rotatable bonds is 5. The quantitative estimate of drug-likeness (QED) is 0.848. The van der Waals surface area contributed by atoms with E-state index in [1.54, 1.807) is 13.0 Å². The van der Waals surface area contributed by atoms with E-state index in [0.29, 0.717) is 11.6 Å². The van der Waals surface area contributed by atoms with Gasteiger partial charge in [-0.15, -0.1) is 0 Å². The van der Waals surface area contributed by atoms with Crippen molar-refractivity contribution in [2.75, 3.05) is 20.6 Å². The highest BCUT2D eigenvalue weighted by Crippen LogP contribution is 2.16. The SMILES string of the molecule is Cc1ccc(C(C)NC(C)CN(C)C)cc1F. The predicted molar refractivity (Wildman–Crippen MR) is 70.7 cm³/mol. The molecule has 0 bridgehead atoms. The molecule has 0 aliphatic heterocycles. The fourth-order valence-corrected chi connectivity index (χ4v) is 2.00. The molecule has 17 heavy (non-hydrogen) atoms. The maximum Gasteiger partial charge on any atom is 0.126 e.